The molecule has 0 amide bonds. The number of hydrogen-bond donors (Lipinski definition) is 0. The van der Waals surface area contributed by atoms with Gasteiger partial charge in [-0.25, -0.2) is 0 Å². The molecule has 122 valence electrons. The van der Waals surface area contributed by atoms with E-state index in [1.165, 1.54) is 11.1 Å². The van der Waals surface area contributed by atoms with Crippen LogP contribution in [0.4, 0.5) is 0 Å². The Labute approximate surface area is 164 Å². The topological polar surface area (TPSA) is 0 Å². The van der Waals surface area contributed by atoms with Crippen molar-refractivity contribution in [2.24, 2.45) is 0 Å². The summed E-state index contributed by atoms with van der Waals surface area (Å²) in [7, 11) is 0. The minimum Gasteiger partial charge on any atom is -1.00 e. The van der Waals surface area contributed by atoms with Crippen molar-refractivity contribution in [3.05, 3.63) is 82.9 Å². The molecule has 2 aromatic rings. The summed E-state index contributed by atoms with van der Waals surface area (Å²) in [5.41, 5.74) is 6.02. The number of fused-ring (bicyclic) bond motifs is 2. The van der Waals surface area contributed by atoms with Crippen molar-refractivity contribution in [3.63, 3.8) is 0 Å². The molecular weight excluding hydrogens is 502 g/mol. The van der Waals surface area contributed by atoms with Crippen molar-refractivity contribution < 1.29 is 45.8 Å². The fraction of sp³-hybridized carbons (Fsp3) is 0.190. The fourth-order valence-electron chi connectivity index (χ4n) is 3.86. The second-order valence-electron chi connectivity index (χ2n) is 6.39. The van der Waals surface area contributed by atoms with Crippen molar-refractivity contribution in [2.75, 3.05) is 0 Å². The first kappa shape index (κ1) is 19.6. The van der Waals surface area contributed by atoms with E-state index < -0.39 is 21.0 Å². The molecule has 2 aromatic carbocycles. The Kier molecular flexibility index (Phi) is 6.59. The van der Waals surface area contributed by atoms with Crippen LogP contribution in [0, 0.1) is 0 Å². The second kappa shape index (κ2) is 8.08. The van der Waals surface area contributed by atoms with E-state index in [1.807, 2.05) is 0 Å². The molecule has 0 aliphatic heterocycles. The van der Waals surface area contributed by atoms with Crippen LogP contribution in [0.5, 0.6) is 0 Å². The summed E-state index contributed by atoms with van der Waals surface area (Å²) in [5, 5.41) is 0. The molecule has 2 aliphatic carbocycles. The van der Waals surface area contributed by atoms with Crippen LogP contribution in [-0.4, -0.2) is 3.26 Å². The monoisotopic (exact) mass is 522 g/mol. The number of hydrogen-bond acceptors (Lipinski definition) is 0. The Morgan fingerprint density at radius 3 is 1.54 bits per heavy atom. The Bertz CT molecular complexity index is 766. The van der Waals surface area contributed by atoms with E-state index in [4.69, 9.17) is 0 Å². The predicted octanol–water partition coefficient (Wildman–Crippen LogP) is -0.639. The van der Waals surface area contributed by atoms with E-state index in [0.717, 1.165) is 0 Å². The Morgan fingerprint density at radius 1 is 0.708 bits per heavy atom. The van der Waals surface area contributed by atoms with Gasteiger partial charge in [0, 0.05) is 0 Å². The molecule has 0 nitrogen and oxygen atoms in total. The van der Waals surface area contributed by atoms with Gasteiger partial charge in [0.2, 0.25) is 0 Å². The van der Waals surface area contributed by atoms with Crippen LogP contribution in [0.15, 0.2) is 60.7 Å². The van der Waals surface area contributed by atoms with Gasteiger partial charge in [0.1, 0.15) is 0 Å². The van der Waals surface area contributed by atoms with Gasteiger partial charge >= 0.3 is 140 Å². The second-order valence-corrected chi connectivity index (χ2v) is 17.7. The minimum atomic E-state index is -2.03. The van der Waals surface area contributed by atoms with Gasteiger partial charge in [0.25, 0.3) is 0 Å². The van der Waals surface area contributed by atoms with E-state index in [1.54, 1.807) is 14.4 Å². The molecule has 2 atom stereocenters. The zero-order chi connectivity index (χ0) is 15.1. The smallest absolute Gasteiger partial charge is 1.00 e. The summed E-state index contributed by atoms with van der Waals surface area (Å²) in [5.74, 6) is 0. The van der Waals surface area contributed by atoms with E-state index in [0.29, 0.717) is 7.35 Å². The third-order valence-corrected chi connectivity index (χ3v) is 17.4. The third-order valence-electron chi connectivity index (χ3n) is 4.85. The Morgan fingerprint density at radius 2 is 1.12 bits per heavy atom. The number of allylic oxidation sites excluding steroid dienone is 2. The van der Waals surface area contributed by atoms with E-state index in [-0.39, 0.29) is 24.8 Å². The Balaban J connectivity index is 0.00000104. The molecule has 2 unspecified atom stereocenters. The maximum atomic E-state index is 2.49. The van der Waals surface area contributed by atoms with E-state index >= 15 is 0 Å². The molecule has 4 rings (SSSR count). The summed E-state index contributed by atoms with van der Waals surface area (Å²) >= 11 is -2.03. The van der Waals surface area contributed by atoms with Crippen LogP contribution >= 0.6 is 0 Å². The molecule has 3 heteroatoms. The van der Waals surface area contributed by atoms with Gasteiger partial charge in [0.15, 0.2) is 0 Å². The SMILES string of the molecule is C[C](C)=[Hf+2]([CH]1C=Cc2ccccc21)[CH]1C=Cc2ccccc21.[Cl-].[Cl-]. The molecule has 0 heterocycles. The van der Waals surface area contributed by atoms with Gasteiger partial charge in [-0.1, -0.05) is 0 Å². The first-order valence-electron chi connectivity index (χ1n) is 7.97. The molecular formula is C21H20Cl2Hf. The first-order chi connectivity index (χ1) is 10.8. The molecule has 24 heavy (non-hydrogen) atoms. The van der Waals surface area contributed by atoms with Crippen molar-refractivity contribution in [2.45, 2.75) is 21.2 Å². The average Bonchev–Trinajstić information content (AvgIpc) is 3.13. The van der Waals surface area contributed by atoms with Gasteiger partial charge in [-0.15, -0.1) is 0 Å². The summed E-state index contributed by atoms with van der Waals surface area (Å²) in [6.45, 7) is 4.76. The van der Waals surface area contributed by atoms with Crippen LogP contribution in [-0.2, 0) is 21.0 Å². The van der Waals surface area contributed by atoms with Crippen LogP contribution < -0.4 is 24.8 Å². The molecule has 0 radical (unpaired) electrons. The zero-order valence-electron chi connectivity index (χ0n) is 13.8. The predicted molar refractivity (Wildman–Crippen MR) is 92.8 cm³/mol. The maximum Gasteiger partial charge on any atom is -1.00 e. The summed E-state index contributed by atoms with van der Waals surface area (Å²) < 4.78 is 3.13. The van der Waals surface area contributed by atoms with Crippen molar-refractivity contribution in [3.8, 4) is 0 Å². The third kappa shape index (κ3) is 3.31. The average molecular weight is 522 g/mol. The molecule has 0 spiro atoms. The van der Waals surface area contributed by atoms with Crippen LogP contribution in [0.25, 0.3) is 12.2 Å². The van der Waals surface area contributed by atoms with Crippen LogP contribution in [0.2, 0.25) is 0 Å². The molecule has 0 bridgehead atoms. The quantitative estimate of drug-likeness (QED) is 0.462. The van der Waals surface area contributed by atoms with E-state index in [2.05, 4.69) is 86.7 Å². The number of rotatable bonds is 2. The van der Waals surface area contributed by atoms with Gasteiger partial charge in [-0.3, -0.25) is 0 Å². The zero-order valence-corrected chi connectivity index (χ0v) is 18.9. The van der Waals surface area contributed by atoms with E-state index in [9.17, 15) is 0 Å². The number of benzene rings is 2. The van der Waals surface area contributed by atoms with Crippen LogP contribution in [0.1, 0.15) is 43.5 Å². The summed E-state index contributed by atoms with van der Waals surface area (Å²) in [6, 6.07) is 17.9. The fourth-order valence-corrected chi connectivity index (χ4v) is 16.2. The van der Waals surface area contributed by atoms with Gasteiger partial charge in [-0.05, 0) is 0 Å². The first-order valence-corrected chi connectivity index (χ1v) is 13.9. The van der Waals surface area contributed by atoms with Crippen LogP contribution in [0.3, 0.4) is 0 Å². The van der Waals surface area contributed by atoms with Crippen molar-refractivity contribution >= 4 is 15.4 Å². The standard InChI is InChI=1S/2C9H7.C3H6.2ClH.Hf/c2*1-2-5-9-7-3-6-8(9)4-1;1-3-2;;;/h2*1-7H;1-2H3;2*1H;/q;;;;;+2/p-2. The van der Waals surface area contributed by atoms with Crippen molar-refractivity contribution in [1.29, 1.82) is 0 Å². The largest absolute Gasteiger partial charge is 1.00 e. The maximum absolute atomic E-state index is 2.49. The van der Waals surface area contributed by atoms with Crippen molar-refractivity contribution in [1.82, 2.24) is 0 Å². The molecule has 0 fully saturated rings. The summed E-state index contributed by atoms with van der Waals surface area (Å²) in [4.78, 5) is 0. The molecule has 2 aliphatic rings. The Hall–Kier alpha value is -0.760. The molecule has 0 saturated heterocycles. The van der Waals surface area contributed by atoms with Gasteiger partial charge in [-0.2, -0.15) is 0 Å². The molecule has 0 aromatic heterocycles. The summed E-state index contributed by atoms with van der Waals surface area (Å²) in [6.07, 6.45) is 9.68. The number of halogens is 2. The van der Waals surface area contributed by atoms with Gasteiger partial charge in [0.05, 0.1) is 0 Å². The minimum absolute atomic E-state index is 0. The molecule has 0 N–H and O–H groups in total. The van der Waals surface area contributed by atoms with Gasteiger partial charge < -0.3 is 24.8 Å². The normalized spacial score (nSPS) is 18.7. The molecule has 0 saturated carbocycles.